The number of nitrogens with zero attached hydrogens (tertiary/aromatic N) is 1. The fourth-order valence-corrected chi connectivity index (χ4v) is 2.42. The first-order valence-electron chi connectivity index (χ1n) is 6.75. The molecule has 0 bridgehead atoms. The molecule has 1 aliphatic rings. The van der Waals surface area contributed by atoms with E-state index < -0.39 is 5.97 Å². The summed E-state index contributed by atoms with van der Waals surface area (Å²) in [6.45, 7) is 4.76. The largest absolute Gasteiger partial charge is 0.480 e. The van der Waals surface area contributed by atoms with Crippen molar-refractivity contribution in [3.63, 3.8) is 0 Å². The molecule has 2 atom stereocenters. The van der Waals surface area contributed by atoms with E-state index in [1.165, 1.54) is 5.56 Å². The maximum Gasteiger partial charge on any atom is 0.320 e. The highest BCUT2D eigenvalue weighted by atomic mass is 16.5. The molecule has 1 N–H and O–H groups in total. The van der Waals surface area contributed by atoms with Crippen LogP contribution in [0.5, 0.6) is 0 Å². The van der Waals surface area contributed by atoms with Gasteiger partial charge in [-0.15, -0.1) is 0 Å². The van der Waals surface area contributed by atoms with E-state index >= 15 is 0 Å². The molecule has 1 aliphatic heterocycles. The Morgan fingerprint density at radius 2 is 2.21 bits per heavy atom. The molecule has 0 radical (unpaired) electrons. The molecular weight excluding hydrogens is 242 g/mol. The topological polar surface area (TPSA) is 49.8 Å². The van der Waals surface area contributed by atoms with Gasteiger partial charge in [0.25, 0.3) is 0 Å². The third-order valence-electron chi connectivity index (χ3n) is 3.69. The van der Waals surface area contributed by atoms with Crippen LogP contribution in [-0.2, 0) is 16.1 Å². The second-order valence-corrected chi connectivity index (χ2v) is 5.16. The van der Waals surface area contributed by atoms with Gasteiger partial charge in [-0.2, -0.15) is 0 Å². The first-order valence-corrected chi connectivity index (χ1v) is 6.75. The number of likely N-dealkylation sites (tertiary alicyclic amines) is 1. The zero-order valence-electron chi connectivity index (χ0n) is 11.3. The lowest BCUT2D eigenvalue weighted by molar-refractivity contribution is -0.142. The van der Waals surface area contributed by atoms with Crippen molar-refractivity contribution < 1.29 is 14.6 Å². The standard InChI is InChI=1S/C15H21NO3/c1-12(15(17)18)16-8-7-14(9-16)11-19-10-13-5-3-2-4-6-13/h2-6,12,14H,7-11H2,1H3,(H,17,18)/t12-,14-/m1/s1. The number of hydrogen-bond acceptors (Lipinski definition) is 3. The molecular formula is C15H21NO3. The lowest BCUT2D eigenvalue weighted by Crippen LogP contribution is -2.37. The van der Waals surface area contributed by atoms with Crippen LogP contribution in [0.3, 0.4) is 0 Å². The quantitative estimate of drug-likeness (QED) is 0.853. The van der Waals surface area contributed by atoms with E-state index in [0.717, 1.165) is 19.5 Å². The van der Waals surface area contributed by atoms with Crippen LogP contribution < -0.4 is 0 Å². The molecule has 0 aliphatic carbocycles. The fourth-order valence-electron chi connectivity index (χ4n) is 2.42. The first kappa shape index (κ1) is 14.0. The maximum absolute atomic E-state index is 10.9. The molecule has 1 saturated heterocycles. The summed E-state index contributed by atoms with van der Waals surface area (Å²) in [4.78, 5) is 12.9. The molecule has 1 fully saturated rings. The van der Waals surface area contributed by atoms with E-state index in [-0.39, 0.29) is 6.04 Å². The maximum atomic E-state index is 10.9. The van der Waals surface area contributed by atoms with E-state index in [1.54, 1.807) is 6.92 Å². The third kappa shape index (κ3) is 4.04. The molecule has 0 unspecified atom stereocenters. The van der Waals surface area contributed by atoms with E-state index in [2.05, 4.69) is 0 Å². The summed E-state index contributed by atoms with van der Waals surface area (Å²) in [6.07, 6.45) is 1.02. The van der Waals surface area contributed by atoms with Gasteiger partial charge < -0.3 is 9.84 Å². The van der Waals surface area contributed by atoms with Crippen molar-refractivity contribution in [3.05, 3.63) is 35.9 Å². The number of benzene rings is 1. The van der Waals surface area contributed by atoms with Gasteiger partial charge in [-0.1, -0.05) is 30.3 Å². The summed E-state index contributed by atoms with van der Waals surface area (Å²) in [5.74, 6) is -0.295. The smallest absolute Gasteiger partial charge is 0.320 e. The minimum absolute atomic E-state index is 0.390. The van der Waals surface area contributed by atoms with Gasteiger partial charge in [0.2, 0.25) is 0 Å². The van der Waals surface area contributed by atoms with Crippen molar-refractivity contribution in [1.82, 2.24) is 4.90 Å². The van der Waals surface area contributed by atoms with E-state index in [9.17, 15) is 4.79 Å². The molecule has 104 valence electrons. The summed E-state index contributed by atoms with van der Waals surface area (Å²) >= 11 is 0. The lowest BCUT2D eigenvalue weighted by Gasteiger charge is -2.20. The van der Waals surface area contributed by atoms with Crippen LogP contribution in [0.15, 0.2) is 30.3 Å². The minimum atomic E-state index is -0.745. The van der Waals surface area contributed by atoms with Gasteiger partial charge >= 0.3 is 5.97 Å². The number of hydrogen-bond donors (Lipinski definition) is 1. The lowest BCUT2D eigenvalue weighted by atomic mass is 10.1. The van der Waals surface area contributed by atoms with Gasteiger partial charge in [0, 0.05) is 6.54 Å². The van der Waals surface area contributed by atoms with Gasteiger partial charge in [0.05, 0.1) is 13.2 Å². The molecule has 1 aromatic carbocycles. The SMILES string of the molecule is C[C@H](C(=O)O)N1CC[C@@H](COCc2ccccc2)C1. The van der Waals surface area contributed by atoms with Gasteiger partial charge in [-0.25, -0.2) is 0 Å². The van der Waals surface area contributed by atoms with Gasteiger partial charge in [-0.3, -0.25) is 9.69 Å². The third-order valence-corrected chi connectivity index (χ3v) is 3.69. The highest BCUT2D eigenvalue weighted by Crippen LogP contribution is 2.19. The fraction of sp³-hybridized carbons (Fsp3) is 0.533. The van der Waals surface area contributed by atoms with E-state index in [1.807, 2.05) is 35.2 Å². The normalized spacial score (nSPS) is 21.4. The van der Waals surface area contributed by atoms with Crippen molar-refractivity contribution in [2.24, 2.45) is 5.92 Å². The summed E-state index contributed by atoms with van der Waals surface area (Å²) in [6, 6.07) is 9.71. The first-order chi connectivity index (χ1) is 9.16. The molecule has 0 spiro atoms. The Morgan fingerprint density at radius 1 is 1.47 bits per heavy atom. The predicted molar refractivity (Wildman–Crippen MR) is 72.9 cm³/mol. The summed E-state index contributed by atoms with van der Waals surface area (Å²) in [7, 11) is 0. The Hall–Kier alpha value is -1.39. The van der Waals surface area contributed by atoms with Crippen LogP contribution in [0, 0.1) is 5.92 Å². The van der Waals surface area contributed by atoms with Crippen molar-refractivity contribution in [2.75, 3.05) is 19.7 Å². The Morgan fingerprint density at radius 3 is 2.89 bits per heavy atom. The Kier molecular flexibility index (Phi) is 4.93. The van der Waals surface area contributed by atoms with Gasteiger partial charge in [0.15, 0.2) is 0 Å². The molecule has 0 aromatic heterocycles. The number of ether oxygens (including phenoxy) is 1. The average molecular weight is 263 g/mol. The van der Waals surface area contributed by atoms with Gasteiger partial charge in [0.1, 0.15) is 6.04 Å². The molecule has 4 nitrogen and oxygen atoms in total. The zero-order chi connectivity index (χ0) is 13.7. The minimum Gasteiger partial charge on any atom is -0.480 e. The van der Waals surface area contributed by atoms with Crippen LogP contribution in [0.4, 0.5) is 0 Å². The molecule has 0 saturated carbocycles. The van der Waals surface area contributed by atoms with Crippen LogP contribution >= 0.6 is 0 Å². The summed E-state index contributed by atoms with van der Waals surface area (Å²) in [5.41, 5.74) is 1.18. The molecule has 2 rings (SSSR count). The van der Waals surface area contributed by atoms with Crippen LogP contribution in [0.1, 0.15) is 18.9 Å². The molecule has 19 heavy (non-hydrogen) atoms. The molecule has 1 aromatic rings. The monoisotopic (exact) mass is 263 g/mol. The predicted octanol–water partition coefficient (Wildman–Crippen LogP) is 2.00. The number of carboxylic acid groups (broad SMARTS) is 1. The molecule has 1 heterocycles. The zero-order valence-corrected chi connectivity index (χ0v) is 11.3. The molecule has 4 heteroatoms. The van der Waals surface area contributed by atoms with Crippen molar-refractivity contribution in [1.29, 1.82) is 0 Å². The van der Waals surface area contributed by atoms with E-state index in [4.69, 9.17) is 9.84 Å². The summed E-state index contributed by atoms with van der Waals surface area (Å²) in [5, 5.41) is 8.98. The summed E-state index contributed by atoms with van der Waals surface area (Å²) < 4.78 is 5.72. The number of rotatable bonds is 6. The van der Waals surface area contributed by atoms with Gasteiger partial charge in [-0.05, 0) is 31.4 Å². The highest BCUT2D eigenvalue weighted by molar-refractivity contribution is 5.72. The highest BCUT2D eigenvalue weighted by Gasteiger charge is 2.29. The number of carboxylic acids is 1. The van der Waals surface area contributed by atoms with Crippen molar-refractivity contribution in [2.45, 2.75) is 26.0 Å². The second kappa shape index (κ2) is 6.68. The molecule has 0 amide bonds. The second-order valence-electron chi connectivity index (χ2n) is 5.16. The van der Waals surface area contributed by atoms with Crippen LogP contribution in [0.2, 0.25) is 0 Å². The average Bonchev–Trinajstić information content (AvgIpc) is 2.88. The Labute approximate surface area is 114 Å². The Bertz CT molecular complexity index is 407. The Balaban J connectivity index is 1.70. The van der Waals surface area contributed by atoms with Crippen LogP contribution in [-0.4, -0.2) is 41.7 Å². The van der Waals surface area contributed by atoms with Crippen molar-refractivity contribution >= 4 is 5.97 Å². The van der Waals surface area contributed by atoms with Crippen LogP contribution in [0.25, 0.3) is 0 Å². The van der Waals surface area contributed by atoms with Crippen molar-refractivity contribution in [3.8, 4) is 0 Å². The number of carbonyl (C=O) groups is 1. The van der Waals surface area contributed by atoms with E-state index in [0.29, 0.717) is 19.1 Å². The number of aliphatic carboxylic acids is 1.